The molecule has 3 atom stereocenters. The number of ether oxygens (including phenoxy) is 1. The van der Waals surface area contributed by atoms with E-state index in [2.05, 4.69) is 10.2 Å². The minimum Gasteiger partial charge on any atom is -0.472 e. The molecule has 1 aliphatic carbocycles. The second-order valence-electron chi connectivity index (χ2n) is 6.60. The van der Waals surface area contributed by atoms with Gasteiger partial charge in [-0.25, -0.2) is 0 Å². The van der Waals surface area contributed by atoms with Crippen LogP contribution in [0.5, 0.6) is 0 Å². The Hall–Kier alpha value is -1.33. The van der Waals surface area contributed by atoms with Gasteiger partial charge in [0, 0.05) is 24.7 Å². The lowest BCUT2D eigenvalue weighted by molar-refractivity contribution is -0.133. The lowest BCUT2D eigenvalue weighted by atomic mass is 9.91. The summed E-state index contributed by atoms with van der Waals surface area (Å²) in [6, 6.07) is 2.43. The number of carbonyl (C=O) groups excluding carboxylic acids is 1. The molecule has 21 heavy (non-hydrogen) atoms. The predicted molar refractivity (Wildman–Crippen MR) is 76.5 cm³/mol. The largest absolute Gasteiger partial charge is 0.472 e. The molecule has 1 aromatic heterocycles. The van der Waals surface area contributed by atoms with Crippen molar-refractivity contribution < 1.29 is 13.9 Å². The second-order valence-corrected chi connectivity index (χ2v) is 6.60. The standard InChI is InChI=1S/C16H22N2O3/c19-16(17-13-1-2-13)14-7-12-3-5-18(9-15(12)21-14)8-11-4-6-20-10-11/h4,6,10,12-15H,1-3,5,7-9H2,(H,17,19)/t12-,14+,15-/m0/s1. The highest BCUT2D eigenvalue weighted by Gasteiger charge is 2.42. The first-order valence-electron chi connectivity index (χ1n) is 7.97. The van der Waals surface area contributed by atoms with Crippen LogP contribution in [-0.4, -0.2) is 42.1 Å². The van der Waals surface area contributed by atoms with E-state index >= 15 is 0 Å². The van der Waals surface area contributed by atoms with Crippen molar-refractivity contribution in [3.8, 4) is 0 Å². The molecule has 3 fully saturated rings. The zero-order valence-corrected chi connectivity index (χ0v) is 12.2. The summed E-state index contributed by atoms with van der Waals surface area (Å²) in [5.74, 6) is 0.647. The maximum absolute atomic E-state index is 12.1. The summed E-state index contributed by atoms with van der Waals surface area (Å²) >= 11 is 0. The van der Waals surface area contributed by atoms with Gasteiger partial charge in [-0.2, -0.15) is 0 Å². The molecule has 5 heteroatoms. The van der Waals surface area contributed by atoms with E-state index in [0.29, 0.717) is 12.0 Å². The average molecular weight is 290 g/mol. The molecule has 2 saturated heterocycles. The number of hydrogen-bond donors (Lipinski definition) is 1. The lowest BCUT2D eigenvalue weighted by Gasteiger charge is -2.33. The molecule has 1 amide bonds. The molecule has 1 N–H and O–H groups in total. The van der Waals surface area contributed by atoms with Crippen molar-refractivity contribution in [2.24, 2.45) is 5.92 Å². The average Bonchev–Trinajstić information content (AvgIpc) is 3.00. The molecule has 1 aromatic rings. The van der Waals surface area contributed by atoms with Crippen LogP contribution in [0, 0.1) is 5.92 Å². The number of amides is 1. The van der Waals surface area contributed by atoms with Crippen LogP contribution in [0.4, 0.5) is 0 Å². The molecule has 0 radical (unpaired) electrons. The first kappa shape index (κ1) is 13.3. The van der Waals surface area contributed by atoms with E-state index in [0.717, 1.165) is 45.3 Å². The van der Waals surface area contributed by atoms with Gasteiger partial charge in [-0.15, -0.1) is 0 Å². The SMILES string of the molecule is O=C(NC1CC1)[C@H]1C[C@@H]2CCN(Cc3ccoc3)C[C@@H]2O1. The number of nitrogens with zero attached hydrogens (tertiary/aromatic N) is 1. The first-order chi connectivity index (χ1) is 10.3. The molecule has 0 spiro atoms. The van der Waals surface area contributed by atoms with Crippen LogP contribution in [0.3, 0.4) is 0 Å². The first-order valence-corrected chi connectivity index (χ1v) is 7.97. The summed E-state index contributed by atoms with van der Waals surface area (Å²) in [6.07, 6.45) is 7.77. The number of furan rings is 1. The van der Waals surface area contributed by atoms with Gasteiger partial charge < -0.3 is 14.5 Å². The van der Waals surface area contributed by atoms with Crippen LogP contribution in [0.2, 0.25) is 0 Å². The van der Waals surface area contributed by atoms with Crippen LogP contribution < -0.4 is 5.32 Å². The highest BCUT2D eigenvalue weighted by molar-refractivity contribution is 5.81. The highest BCUT2D eigenvalue weighted by atomic mass is 16.5. The fourth-order valence-corrected chi connectivity index (χ4v) is 3.47. The fraction of sp³-hybridized carbons (Fsp3) is 0.688. The van der Waals surface area contributed by atoms with E-state index in [-0.39, 0.29) is 18.1 Å². The third-order valence-corrected chi connectivity index (χ3v) is 4.84. The molecular weight excluding hydrogens is 268 g/mol. The molecule has 3 aliphatic rings. The number of likely N-dealkylation sites (tertiary alicyclic amines) is 1. The minimum atomic E-state index is -0.227. The quantitative estimate of drug-likeness (QED) is 0.914. The van der Waals surface area contributed by atoms with E-state index in [1.54, 1.807) is 12.5 Å². The smallest absolute Gasteiger partial charge is 0.249 e. The summed E-state index contributed by atoms with van der Waals surface area (Å²) in [6.45, 7) is 2.90. The molecule has 3 heterocycles. The summed E-state index contributed by atoms with van der Waals surface area (Å²) in [7, 11) is 0. The van der Waals surface area contributed by atoms with Crippen LogP contribution in [0.1, 0.15) is 31.2 Å². The molecule has 0 unspecified atom stereocenters. The van der Waals surface area contributed by atoms with E-state index < -0.39 is 0 Å². The molecule has 0 bridgehead atoms. The van der Waals surface area contributed by atoms with Crippen molar-refractivity contribution >= 4 is 5.91 Å². The number of hydrogen-bond acceptors (Lipinski definition) is 4. The van der Waals surface area contributed by atoms with Gasteiger partial charge in [0.05, 0.1) is 18.6 Å². The Labute approximate surface area is 124 Å². The van der Waals surface area contributed by atoms with Crippen molar-refractivity contribution in [2.45, 2.75) is 50.5 Å². The molecule has 2 aliphatic heterocycles. The summed E-state index contributed by atoms with van der Waals surface area (Å²) in [4.78, 5) is 14.5. The zero-order valence-electron chi connectivity index (χ0n) is 12.2. The van der Waals surface area contributed by atoms with Crippen LogP contribution in [0.25, 0.3) is 0 Å². The maximum atomic E-state index is 12.1. The third-order valence-electron chi connectivity index (χ3n) is 4.84. The number of rotatable bonds is 4. The number of piperidine rings is 1. The van der Waals surface area contributed by atoms with E-state index in [1.807, 2.05) is 6.07 Å². The third kappa shape index (κ3) is 2.99. The fourth-order valence-electron chi connectivity index (χ4n) is 3.47. The van der Waals surface area contributed by atoms with Crippen molar-refractivity contribution in [1.29, 1.82) is 0 Å². The van der Waals surface area contributed by atoms with E-state index in [1.165, 1.54) is 5.56 Å². The normalized spacial score (nSPS) is 32.9. The van der Waals surface area contributed by atoms with E-state index in [9.17, 15) is 4.79 Å². The van der Waals surface area contributed by atoms with Crippen molar-refractivity contribution in [2.75, 3.05) is 13.1 Å². The number of carbonyl (C=O) groups is 1. The van der Waals surface area contributed by atoms with Crippen molar-refractivity contribution in [1.82, 2.24) is 10.2 Å². The van der Waals surface area contributed by atoms with Gasteiger partial charge >= 0.3 is 0 Å². The number of nitrogens with one attached hydrogen (secondary N) is 1. The van der Waals surface area contributed by atoms with Gasteiger partial charge in [0.2, 0.25) is 5.91 Å². The van der Waals surface area contributed by atoms with E-state index in [4.69, 9.17) is 9.15 Å². The highest BCUT2D eigenvalue weighted by Crippen LogP contribution is 2.34. The molecule has 114 valence electrons. The van der Waals surface area contributed by atoms with Gasteiger partial charge in [0.15, 0.2) is 0 Å². The Bertz CT molecular complexity index is 498. The molecule has 5 nitrogen and oxygen atoms in total. The van der Waals surface area contributed by atoms with Gasteiger partial charge in [-0.05, 0) is 44.2 Å². The predicted octanol–water partition coefficient (Wildman–Crippen LogP) is 1.54. The molecular formula is C16H22N2O3. The van der Waals surface area contributed by atoms with Crippen molar-refractivity contribution in [3.05, 3.63) is 24.2 Å². The second kappa shape index (κ2) is 5.46. The maximum Gasteiger partial charge on any atom is 0.249 e. The summed E-state index contributed by atoms with van der Waals surface area (Å²) in [5.41, 5.74) is 1.20. The number of fused-ring (bicyclic) bond motifs is 1. The van der Waals surface area contributed by atoms with Gasteiger partial charge in [-0.1, -0.05) is 0 Å². The van der Waals surface area contributed by atoms with Crippen LogP contribution >= 0.6 is 0 Å². The Balaban J connectivity index is 1.32. The van der Waals surface area contributed by atoms with Crippen molar-refractivity contribution in [3.63, 3.8) is 0 Å². The van der Waals surface area contributed by atoms with Gasteiger partial charge in [0.1, 0.15) is 6.10 Å². The van der Waals surface area contributed by atoms with Gasteiger partial charge in [-0.3, -0.25) is 9.69 Å². The zero-order chi connectivity index (χ0) is 14.2. The molecule has 1 saturated carbocycles. The van der Waals surface area contributed by atoms with Crippen LogP contribution in [0.15, 0.2) is 23.0 Å². The van der Waals surface area contributed by atoms with Crippen LogP contribution in [-0.2, 0) is 16.1 Å². The Morgan fingerprint density at radius 2 is 2.29 bits per heavy atom. The topological polar surface area (TPSA) is 54.7 Å². The van der Waals surface area contributed by atoms with Gasteiger partial charge in [0.25, 0.3) is 0 Å². The summed E-state index contributed by atoms with van der Waals surface area (Å²) < 4.78 is 11.2. The minimum absolute atomic E-state index is 0.105. The monoisotopic (exact) mass is 290 g/mol. The Morgan fingerprint density at radius 1 is 1.38 bits per heavy atom. The lowest BCUT2D eigenvalue weighted by Crippen LogP contribution is -2.42. The Morgan fingerprint density at radius 3 is 3.05 bits per heavy atom. The molecule has 4 rings (SSSR count). The Kier molecular flexibility index (Phi) is 3.47. The molecule has 0 aromatic carbocycles. The summed E-state index contributed by atoms with van der Waals surface area (Å²) in [5, 5.41) is 3.06.